The summed E-state index contributed by atoms with van der Waals surface area (Å²) in [5, 5.41) is 12.3. The molecule has 0 aliphatic rings. The van der Waals surface area contributed by atoms with Crippen LogP contribution in [0, 0.1) is 13.8 Å². The van der Waals surface area contributed by atoms with Gasteiger partial charge in [0.1, 0.15) is 12.4 Å². The lowest BCUT2D eigenvalue weighted by atomic mass is 10.1. The van der Waals surface area contributed by atoms with E-state index in [0.717, 1.165) is 33.4 Å². The van der Waals surface area contributed by atoms with Gasteiger partial charge in [-0.25, -0.2) is 0 Å². The largest absolute Gasteiger partial charge is 0.485 e. The topological polar surface area (TPSA) is 69.0 Å². The van der Waals surface area contributed by atoms with Gasteiger partial charge in [-0.3, -0.25) is 4.79 Å². The SMILES string of the molecule is CCn1c(COc2c(C)cccc2C)nnc1SCC(=O)N[C@@H](C)c1ccccc1. The van der Waals surface area contributed by atoms with Crippen molar-refractivity contribution in [3.8, 4) is 5.75 Å². The zero-order valence-corrected chi connectivity index (χ0v) is 18.7. The van der Waals surface area contributed by atoms with Crippen molar-refractivity contribution in [1.82, 2.24) is 20.1 Å². The number of amides is 1. The predicted octanol–water partition coefficient (Wildman–Crippen LogP) is 4.46. The summed E-state index contributed by atoms with van der Waals surface area (Å²) in [7, 11) is 0. The van der Waals surface area contributed by atoms with Crippen molar-refractivity contribution in [3.05, 3.63) is 71.0 Å². The number of benzene rings is 2. The third-order valence-electron chi connectivity index (χ3n) is 4.87. The molecular weight excluding hydrogens is 396 g/mol. The number of thioether (sulfide) groups is 1. The van der Waals surface area contributed by atoms with E-state index in [9.17, 15) is 4.79 Å². The Kier molecular flexibility index (Phi) is 7.52. The standard InChI is InChI=1S/C23H28N4O2S/c1-5-27-20(14-29-22-16(2)10-9-11-17(22)3)25-26-23(27)30-15-21(28)24-18(4)19-12-7-6-8-13-19/h6-13,18H,5,14-15H2,1-4H3,(H,24,28)/t18-/m0/s1. The number of rotatable bonds is 9. The molecule has 30 heavy (non-hydrogen) atoms. The van der Waals surface area contributed by atoms with E-state index in [1.165, 1.54) is 11.8 Å². The van der Waals surface area contributed by atoms with Crippen molar-refractivity contribution in [2.75, 3.05) is 5.75 Å². The van der Waals surface area contributed by atoms with Crippen LogP contribution in [0.3, 0.4) is 0 Å². The summed E-state index contributed by atoms with van der Waals surface area (Å²) in [6.07, 6.45) is 0. The zero-order chi connectivity index (χ0) is 21.5. The number of aryl methyl sites for hydroxylation is 2. The molecule has 158 valence electrons. The van der Waals surface area contributed by atoms with E-state index in [-0.39, 0.29) is 17.7 Å². The van der Waals surface area contributed by atoms with E-state index in [4.69, 9.17) is 4.74 Å². The van der Waals surface area contributed by atoms with Crippen LogP contribution in [0.5, 0.6) is 5.75 Å². The number of aromatic nitrogens is 3. The predicted molar refractivity (Wildman–Crippen MR) is 120 cm³/mol. The molecule has 0 fully saturated rings. The average molecular weight is 425 g/mol. The summed E-state index contributed by atoms with van der Waals surface area (Å²) in [4.78, 5) is 12.4. The second-order valence-electron chi connectivity index (χ2n) is 7.14. The van der Waals surface area contributed by atoms with Crippen LogP contribution in [-0.4, -0.2) is 26.4 Å². The first-order valence-electron chi connectivity index (χ1n) is 10.1. The van der Waals surface area contributed by atoms with E-state index in [1.807, 2.05) is 80.8 Å². The van der Waals surface area contributed by atoms with E-state index in [0.29, 0.717) is 13.2 Å². The highest BCUT2D eigenvalue weighted by Crippen LogP contribution is 2.24. The van der Waals surface area contributed by atoms with Crippen molar-refractivity contribution in [1.29, 1.82) is 0 Å². The maximum atomic E-state index is 12.4. The quantitative estimate of drug-likeness (QED) is 0.514. The summed E-state index contributed by atoms with van der Waals surface area (Å²) >= 11 is 1.39. The summed E-state index contributed by atoms with van der Waals surface area (Å²) in [5.74, 6) is 1.88. The molecule has 6 nitrogen and oxygen atoms in total. The van der Waals surface area contributed by atoms with E-state index in [2.05, 4.69) is 15.5 Å². The lowest BCUT2D eigenvalue weighted by molar-refractivity contribution is -0.119. The fourth-order valence-corrected chi connectivity index (χ4v) is 4.08. The summed E-state index contributed by atoms with van der Waals surface area (Å²) in [6.45, 7) is 9.13. The summed E-state index contributed by atoms with van der Waals surface area (Å²) < 4.78 is 8.02. The molecular formula is C23H28N4O2S. The van der Waals surface area contributed by atoms with Gasteiger partial charge in [0.15, 0.2) is 11.0 Å². The van der Waals surface area contributed by atoms with Crippen molar-refractivity contribution < 1.29 is 9.53 Å². The molecule has 1 atom stereocenters. The van der Waals surface area contributed by atoms with Gasteiger partial charge in [-0.05, 0) is 44.4 Å². The Morgan fingerprint density at radius 1 is 1.10 bits per heavy atom. The molecule has 0 aliphatic heterocycles. The Labute approximate surface area is 182 Å². The Morgan fingerprint density at radius 2 is 1.80 bits per heavy atom. The number of nitrogens with one attached hydrogen (secondary N) is 1. The van der Waals surface area contributed by atoms with Crippen LogP contribution in [0.1, 0.15) is 42.4 Å². The minimum absolute atomic E-state index is 0.0321. The fourth-order valence-electron chi connectivity index (χ4n) is 3.25. The van der Waals surface area contributed by atoms with Gasteiger partial charge in [-0.1, -0.05) is 60.3 Å². The minimum atomic E-state index is -0.0374. The molecule has 0 saturated heterocycles. The van der Waals surface area contributed by atoms with Crippen LogP contribution >= 0.6 is 11.8 Å². The molecule has 0 radical (unpaired) electrons. The molecule has 0 bridgehead atoms. The molecule has 0 unspecified atom stereocenters. The van der Waals surface area contributed by atoms with Gasteiger partial charge < -0.3 is 14.6 Å². The highest BCUT2D eigenvalue weighted by molar-refractivity contribution is 7.99. The molecule has 3 aromatic rings. The number of ether oxygens (including phenoxy) is 1. The van der Waals surface area contributed by atoms with Gasteiger partial charge in [0, 0.05) is 6.54 Å². The third-order valence-corrected chi connectivity index (χ3v) is 5.84. The normalized spacial score (nSPS) is 11.9. The van der Waals surface area contributed by atoms with E-state index >= 15 is 0 Å². The zero-order valence-electron chi connectivity index (χ0n) is 17.9. The molecule has 1 heterocycles. The first-order chi connectivity index (χ1) is 14.5. The summed E-state index contributed by atoms with van der Waals surface area (Å²) in [5.41, 5.74) is 3.27. The number of carbonyl (C=O) groups is 1. The average Bonchev–Trinajstić information content (AvgIpc) is 3.14. The first-order valence-corrected chi connectivity index (χ1v) is 11.1. The molecule has 2 aromatic carbocycles. The number of hydrogen-bond donors (Lipinski definition) is 1. The molecule has 3 rings (SSSR count). The van der Waals surface area contributed by atoms with Crippen molar-refractivity contribution in [2.24, 2.45) is 0 Å². The Balaban J connectivity index is 1.58. The fraction of sp³-hybridized carbons (Fsp3) is 0.348. The Bertz CT molecular complexity index is 968. The Hall–Kier alpha value is -2.80. The van der Waals surface area contributed by atoms with Gasteiger partial charge in [0.25, 0.3) is 0 Å². The third kappa shape index (κ3) is 5.42. The molecule has 1 N–H and O–H groups in total. The van der Waals surface area contributed by atoms with E-state index in [1.54, 1.807) is 0 Å². The van der Waals surface area contributed by atoms with Crippen molar-refractivity contribution in [3.63, 3.8) is 0 Å². The monoisotopic (exact) mass is 424 g/mol. The number of nitrogens with zero attached hydrogens (tertiary/aromatic N) is 3. The second kappa shape index (κ2) is 10.3. The lowest BCUT2D eigenvalue weighted by Crippen LogP contribution is -2.28. The van der Waals surface area contributed by atoms with Crippen molar-refractivity contribution in [2.45, 2.75) is 52.0 Å². The molecule has 0 spiro atoms. The maximum Gasteiger partial charge on any atom is 0.230 e. The molecule has 1 amide bonds. The van der Waals surface area contributed by atoms with Crippen LogP contribution < -0.4 is 10.1 Å². The maximum absolute atomic E-state index is 12.4. The number of para-hydroxylation sites is 1. The second-order valence-corrected chi connectivity index (χ2v) is 8.08. The molecule has 0 saturated carbocycles. The van der Waals surface area contributed by atoms with Crippen LogP contribution in [0.15, 0.2) is 53.7 Å². The van der Waals surface area contributed by atoms with Gasteiger partial charge >= 0.3 is 0 Å². The minimum Gasteiger partial charge on any atom is -0.485 e. The van der Waals surface area contributed by atoms with Gasteiger partial charge in [0.05, 0.1) is 11.8 Å². The lowest BCUT2D eigenvalue weighted by Gasteiger charge is -2.14. The highest BCUT2D eigenvalue weighted by Gasteiger charge is 2.16. The van der Waals surface area contributed by atoms with Gasteiger partial charge in [-0.15, -0.1) is 10.2 Å². The number of hydrogen-bond acceptors (Lipinski definition) is 5. The van der Waals surface area contributed by atoms with Crippen LogP contribution in [0.2, 0.25) is 0 Å². The smallest absolute Gasteiger partial charge is 0.230 e. The number of carbonyl (C=O) groups excluding carboxylic acids is 1. The van der Waals surface area contributed by atoms with Crippen LogP contribution in [0.4, 0.5) is 0 Å². The molecule has 1 aromatic heterocycles. The first kappa shape index (κ1) is 21.9. The van der Waals surface area contributed by atoms with E-state index < -0.39 is 0 Å². The molecule has 0 aliphatic carbocycles. The van der Waals surface area contributed by atoms with Gasteiger partial charge in [0.2, 0.25) is 5.91 Å². The molecule has 7 heteroatoms. The highest BCUT2D eigenvalue weighted by atomic mass is 32.2. The summed E-state index contributed by atoms with van der Waals surface area (Å²) in [6, 6.07) is 16.0. The van der Waals surface area contributed by atoms with Crippen LogP contribution in [-0.2, 0) is 17.9 Å². The van der Waals surface area contributed by atoms with Gasteiger partial charge in [-0.2, -0.15) is 0 Å². The van der Waals surface area contributed by atoms with Crippen molar-refractivity contribution >= 4 is 17.7 Å². The Morgan fingerprint density at radius 3 is 2.47 bits per heavy atom. The van der Waals surface area contributed by atoms with Crippen LogP contribution in [0.25, 0.3) is 0 Å².